The summed E-state index contributed by atoms with van der Waals surface area (Å²) in [6.07, 6.45) is 1.01. The molecule has 1 nitrogen and oxygen atoms in total. The van der Waals surface area contributed by atoms with Gasteiger partial charge in [-0.05, 0) is 34.2 Å². The molecule has 0 saturated heterocycles. The molecule has 0 spiro atoms. The molecule has 0 amide bonds. The van der Waals surface area contributed by atoms with E-state index in [2.05, 4.69) is 63.2 Å². The summed E-state index contributed by atoms with van der Waals surface area (Å²) >= 11 is 0. The lowest BCUT2D eigenvalue weighted by molar-refractivity contribution is 0.343. The number of benzene rings is 2. The van der Waals surface area contributed by atoms with Gasteiger partial charge in [-0.3, -0.25) is 0 Å². The molecule has 0 aliphatic carbocycles. The van der Waals surface area contributed by atoms with Crippen LogP contribution in [0.1, 0.15) is 38.8 Å². The molecule has 17 heavy (non-hydrogen) atoms. The zero-order valence-corrected chi connectivity index (χ0v) is 10.9. The molecule has 0 aliphatic rings. The van der Waals surface area contributed by atoms with Crippen LogP contribution in [-0.2, 0) is 0 Å². The molecule has 2 aromatic rings. The minimum absolute atomic E-state index is 0.125. The SMILES string of the molecule is CC(C)(C)CC(N)c1ccc2ccccc2c1. The second-order valence-electron chi connectivity index (χ2n) is 5.98. The zero-order valence-electron chi connectivity index (χ0n) is 10.9. The number of fused-ring (bicyclic) bond motifs is 1. The van der Waals surface area contributed by atoms with Crippen molar-refractivity contribution in [1.82, 2.24) is 0 Å². The van der Waals surface area contributed by atoms with Crippen LogP contribution >= 0.6 is 0 Å². The number of hydrogen-bond donors (Lipinski definition) is 1. The van der Waals surface area contributed by atoms with Gasteiger partial charge >= 0.3 is 0 Å². The van der Waals surface area contributed by atoms with Gasteiger partial charge < -0.3 is 5.73 Å². The third kappa shape index (κ3) is 3.07. The van der Waals surface area contributed by atoms with E-state index in [0.717, 1.165) is 6.42 Å². The van der Waals surface area contributed by atoms with Gasteiger partial charge in [0.2, 0.25) is 0 Å². The number of nitrogens with two attached hydrogens (primary N) is 1. The molecule has 2 N–H and O–H groups in total. The lowest BCUT2D eigenvalue weighted by atomic mass is 9.85. The van der Waals surface area contributed by atoms with E-state index < -0.39 is 0 Å². The lowest BCUT2D eigenvalue weighted by Crippen LogP contribution is -2.18. The molecular formula is C16H21N. The van der Waals surface area contributed by atoms with E-state index in [1.807, 2.05) is 0 Å². The molecule has 2 rings (SSSR count). The van der Waals surface area contributed by atoms with Crippen LogP contribution in [0.25, 0.3) is 10.8 Å². The second kappa shape index (κ2) is 4.50. The van der Waals surface area contributed by atoms with Crippen molar-refractivity contribution in [3.63, 3.8) is 0 Å². The molecule has 0 aromatic heterocycles. The van der Waals surface area contributed by atoms with Crippen molar-refractivity contribution in [2.24, 2.45) is 11.1 Å². The molecule has 1 heteroatoms. The molecule has 0 radical (unpaired) electrons. The number of rotatable bonds is 2. The average Bonchev–Trinajstić information content (AvgIpc) is 2.26. The smallest absolute Gasteiger partial charge is 0.0300 e. The topological polar surface area (TPSA) is 26.0 Å². The van der Waals surface area contributed by atoms with Crippen LogP contribution < -0.4 is 5.73 Å². The van der Waals surface area contributed by atoms with Crippen LogP contribution in [0, 0.1) is 5.41 Å². The molecular weight excluding hydrogens is 206 g/mol. The van der Waals surface area contributed by atoms with Gasteiger partial charge in [0.1, 0.15) is 0 Å². The van der Waals surface area contributed by atoms with Crippen LogP contribution in [-0.4, -0.2) is 0 Å². The third-order valence-electron chi connectivity index (χ3n) is 3.03. The highest BCUT2D eigenvalue weighted by Gasteiger charge is 2.16. The molecule has 0 bridgehead atoms. The van der Waals surface area contributed by atoms with Gasteiger partial charge in [0.25, 0.3) is 0 Å². The standard InChI is InChI=1S/C16H21N/c1-16(2,3)11-15(17)14-9-8-12-6-4-5-7-13(12)10-14/h4-10,15H,11,17H2,1-3H3. The molecule has 0 aliphatic heterocycles. The summed E-state index contributed by atoms with van der Waals surface area (Å²) in [6.45, 7) is 6.69. The summed E-state index contributed by atoms with van der Waals surface area (Å²) in [5, 5.41) is 2.55. The van der Waals surface area contributed by atoms with Crippen molar-refractivity contribution < 1.29 is 0 Å². The van der Waals surface area contributed by atoms with Gasteiger partial charge in [-0.1, -0.05) is 57.2 Å². The highest BCUT2D eigenvalue weighted by atomic mass is 14.6. The highest BCUT2D eigenvalue weighted by Crippen LogP contribution is 2.29. The maximum Gasteiger partial charge on any atom is 0.0300 e. The second-order valence-corrected chi connectivity index (χ2v) is 5.98. The molecule has 1 unspecified atom stereocenters. The van der Waals surface area contributed by atoms with Crippen LogP contribution in [0.2, 0.25) is 0 Å². The Kier molecular flexibility index (Phi) is 3.21. The number of hydrogen-bond acceptors (Lipinski definition) is 1. The summed E-state index contributed by atoms with van der Waals surface area (Å²) in [5.41, 5.74) is 7.78. The first kappa shape index (κ1) is 12.1. The van der Waals surface area contributed by atoms with Gasteiger partial charge in [-0.15, -0.1) is 0 Å². The van der Waals surface area contributed by atoms with Gasteiger partial charge in [-0.25, -0.2) is 0 Å². The predicted octanol–water partition coefficient (Wildman–Crippen LogP) is 4.28. The molecule has 1 atom stereocenters. The normalized spacial score (nSPS) is 13.9. The summed E-state index contributed by atoms with van der Waals surface area (Å²) in [5.74, 6) is 0. The summed E-state index contributed by atoms with van der Waals surface area (Å²) in [7, 11) is 0. The van der Waals surface area contributed by atoms with Crippen molar-refractivity contribution in [3.05, 3.63) is 48.0 Å². The van der Waals surface area contributed by atoms with E-state index >= 15 is 0 Å². The van der Waals surface area contributed by atoms with Crippen molar-refractivity contribution in [3.8, 4) is 0 Å². The first-order valence-electron chi connectivity index (χ1n) is 6.20. The first-order valence-corrected chi connectivity index (χ1v) is 6.20. The molecule has 0 saturated carbocycles. The lowest BCUT2D eigenvalue weighted by Gasteiger charge is -2.23. The fourth-order valence-corrected chi connectivity index (χ4v) is 2.22. The van der Waals surface area contributed by atoms with Crippen LogP contribution in [0.15, 0.2) is 42.5 Å². The minimum atomic E-state index is 0.125. The van der Waals surface area contributed by atoms with Crippen molar-refractivity contribution in [1.29, 1.82) is 0 Å². The van der Waals surface area contributed by atoms with Crippen LogP contribution in [0.3, 0.4) is 0 Å². The highest BCUT2D eigenvalue weighted by molar-refractivity contribution is 5.83. The van der Waals surface area contributed by atoms with Crippen molar-refractivity contribution in [2.75, 3.05) is 0 Å². The predicted molar refractivity (Wildman–Crippen MR) is 74.9 cm³/mol. The minimum Gasteiger partial charge on any atom is -0.324 e. The Bertz CT molecular complexity index is 508. The maximum atomic E-state index is 6.27. The Balaban J connectivity index is 2.30. The Hall–Kier alpha value is -1.34. The largest absolute Gasteiger partial charge is 0.324 e. The maximum absolute atomic E-state index is 6.27. The van der Waals surface area contributed by atoms with Crippen molar-refractivity contribution in [2.45, 2.75) is 33.2 Å². The summed E-state index contributed by atoms with van der Waals surface area (Å²) < 4.78 is 0. The summed E-state index contributed by atoms with van der Waals surface area (Å²) in [6, 6.07) is 15.1. The van der Waals surface area contributed by atoms with Crippen LogP contribution in [0.4, 0.5) is 0 Å². The monoisotopic (exact) mass is 227 g/mol. The van der Waals surface area contributed by atoms with E-state index in [1.165, 1.54) is 16.3 Å². The van der Waals surface area contributed by atoms with E-state index in [9.17, 15) is 0 Å². The van der Waals surface area contributed by atoms with E-state index in [0.29, 0.717) is 0 Å². The third-order valence-corrected chi connectivity index (χ3v) is 3.03. The van der Waals surface area contributed by atoms with Crippen LogP contribution in [0.5, 0.6) is 0 Å². The zero-order chi connectivity index (χ0) is 12.5. The van der Waals surface area contributed by atoms with E-state index in [4.69, 9.17) is 5.73 Å². The summed E-state index contributed by atoms with van der Waals surface area (Å²) in [4.78, 5) is 0. The molecule has 90 valence electrons. The van der Waals surface area contributed by atoms with E-state index in [-0.39, 0.29) is 11.5 Å². The quantitative estimate of drug-likeness (QED) is 0.814. The molecule has 0 fully saturated rings. The fourth-order valence-electron chi connectivity index (χ4n) is 2.22. The Morgan fingerprint density at radius 3 is 2.29 bits per heavy atom. The van der Waals surface area contributed by atoms with Gasteiger partial charge in [0.15, 0.2) is 0 Å². The van der Waals surface area contributed by atoms with Crippen molar-refractivity contribution >= 4 is 10.8 Å². The van der Waals surface area contributed by atoms with E-state index in [1.54, 1.807) is 0 Å². The first-order chi connectivity index (χ1) is 7.96. The van der Waals surface area contributed by atoms with Gasteiger partial charge in [0, 0.05) is 6.04 Å². The molecule has 0 heterocycles. The Morgan fingerprint density at radius 1 is 1.00 bits per heavy atom. The van der Waals surface area contributed by atoms with Gasteiger partial charge in [-0.2, -0.15) is 0 Å². The average molecular weight is 227 g/mol. The fraction of sp³-hybridized carbons (Fsp3) is 0.375. The molecule has 2 aromatic carbocycles. The Morgan fingerprint density at radius 2 is 1.65 bits per heavy atom. The Labute approximate surface area is 104 Å². The van der Waals surface area contributed by atoms with Gasteiger partial charge in [0.05, 0.1) is 0 Å².